The van der Waals surface area contributed by atoms with Crippen LogP contribution in [0.2, 0.25) is 0 Å². The summed E-state index contributed by atoms with van der Waals surface area (Å²) in [5.41, 5.74) is 4.42. The summed E-state index contributed by atoms with van der Waals surface area (Å²) in [6.45, 7) is 3.09. The fraction of sp³-hybridized carbons (Fsp3) is 0.533. The average Bonchev–Trinajstić information content (AvgIpc) is 2.46. The first-order chi connectivity index (χ1) is 9.58. The van der Waals surface area contributed by atoms with Crippen LogP contribution in [0.4, 0.5) is 0 Å². The van der Waals surface area contributed by atoms with Gasteiger partial charge in [-0.25, -0.2) is 5.84 Å². The number of rotatable bonds is 8. The van der Waals surface area contributed by atoms with Crippen LogP contribution < -0.4 is 11.3 Å². The van der Waals surface area contributed by atoms with E-state index < -0.39 is 0 Å². The highest BCUT2D eigenvalue weighted by molar-refractivity contribution is 7.98. The Morgan fingerprint density at radius 2 is 2.05 bits per heavy atom. The molecule has 0 heterocycles. The van der Waals surface area contributed by atoms with Crippen molar-refractivity contribution in [2.24, 2.45) is 5.84 Å². The lowest BCUT2D eigenvalue weighted by Crippen LogP contribution is -2.32. The quantitative estimate of drug-likeness (QED) is 0.436. The second-order valence-corrected chi connectivity index (χ2v) is 6.04. The number of nitrogens with two attached hydrogens (primary N) is 1. The second-order valence-electron chi connectivity index (χ2n) is 5.06. The molecule has 0 saturated heterocycles. The third-order valence-corrected chi connectivity index (χ3v) is 4.19. The molecule has 0 fully saturated rings. The van der Waals surface area contributed by atoms with Crippen molar-refractivity contribution in [3.63, 3.8) is 0 Å². The standard InChI is InChI=1S/C15H25N3OS/c1-12(8-9-20-3)18(2)11-14-7-5-4-6-13(14)10-15(19)17-16/h4-7,12H,8-11,16H2,1-3H3,(H,17,19). The Hall–Kier alpha value is -1.04. The third kappa shape index (κ3) is 5.53. The minimum Gasteiger partial charge on any atom is -0.299 e. The number of carbonyl (C=O) groups is 1. The van der Waals surface area contributed by atoms with E-state index in [-0.39, 0.29) is 5.91 Å². The maximum Gasteiger partial charge on any atom is 0.238 e. The number of amides is 1. The van der Waals surface area contributed by atoms with E-state index in [2.05, 4.69) is 36.6 Å². The number of hydrogen-bond donors (Lipinski definition) is 2. The summed E-state index contributed by atoms with van der Waals surface area (Å²) in [6, 6.07) is 8.57. The molecule has 0 spiro atoms. The molecule has 0 saturated carbocycles. The van der Waals surface area contributed by atoms with Crippen molar-refractivity contribution in [2.45, 2.75) is 32.4 Å². The zero-order valence-corrected chi connectivity index (χ0v) is 13.4. The Balaban J connectivity index is 2.68. The van der Waals surface area contributed by atoms with E-state index in [4.69, 9.17) is 5.84 Å². The number of hydrazine groups is 1. The third-order valence-electron chi connectivity index (χ3n) is 3.54. The first-order valence-corrected chi connectivity index (χ1v) is 8.23. The molecule has 0 aliphatic heterocycles. The first kappa shape index (κ1) is 17.0. The van der Waals surface area contributed by atoms with E-state index in [9.17, 15) is 4.79 Å². The minimum atomic E-state index is -0.157. The van der Waals surface area contributed by atoms with Crippen molar-refractivity contribution in [3.8, 4) is 0 Å². The van der Waals surface area contributed by atoms with Gasteiger partial charge in [-0.05, 0) is 43.5 Å². The van der Waals surface area contributed by atoms with Gasteiger partial charge in [0.25, 0.3) is 0 Å². The monoisotopic (exact) mass is 295 g/mol. The van der Waals surface area contributed by atoms with Gasteiger partial charge in [-0.3, -0.25) is 15.1 Å². The van der Waals surface area contributed by atoms with Crippen LogP contribution in [0.15, 0.2) is 24.3 Å². The molecular formula is C15H25N3OS. The molecule has 1 unspecified atom stereocenters. The van der Waals surface area contributed by atoms with Gasteiger partial charge in [0.2, 0.25) is 5.91 Å². The van der Waals surface area contributed by atoms with Crippen LogP contribution in [0.1, 0.15) is 24.5 Å². The molecule has 0 aliphatic rings. The highest BCUT2D eigenvalue weighted by Crippen LogP contribution is 2.15. The van der Waals surface area contributed by atoms with Crippen LogP contribution in [-0.2, 0) is 17.8 Å². The number of benzene rings is 1. The first-order valence-electron chi connectivity index (χ1n) is 6.83. The Morgan fingerprint density at radius 3 is 2.65 bits per heavy atom. The van der Waals surface area contributed by atoms with E-state index >= 15 is 0 Å². The molecule has 0 radical (unpaired) electrons. The summed E-state index contributed by atoms with van der Waals surface area (Å²) in [5, 5.41) is 0. The number of hydrogen-bond acceptors (Lipinski definition) is 4. The molecule has 1 atom stereocenters. The highest BCUT2D eigenvalue weighted by Gasteiger charge is 2.12. The van der Waals surface area contributed by atoms with Gasteiger partial charge >= 0.3 is 0 Å². The summed E-state index contributed by atoms with van der Waals surface area (Å²) >= 11 is 1.87. The zero-order valence-electron chi connectivity index (χ0n) is 12.6. The predicted molar refractivity (Wildman–Crippen MR) is 86.4 cm³/mol. The molecule has 1 rings (SSSR count). The maximum absolute atomic E-state index is 11.4. The molecule has 3 N–H and O–H groups in total. The Morgan fingerprint density at radius 1 is 1.40 bits per heavy atom. The molecule has 0 bridgehead atoms. The average molecular weight is 295 g/mol. The number of nitrogens with one attached hydrogen (secondary N) is 1. The van der Waals surface area contributed by atoms with E-state index in [1.807, 2.05) is 30.0 Å². The van der Waals surface area contributed by atoms with Gasteiger partial charge in [0.15, 0.2) is 0 Å². The fourth-order valence-electron chi connectivity index (χ4n) is 2.04. The van der Waals surface area contributed by atoms with Crippen LogP contribution in [0.3, 0.4) is 0 Å². The Bertz CT molecular complexity index is 425. The van der Waals surface area contributed by atoms with Gasteiger partial charge in [-0.15, -0.1) is 0 Å². The van der Waals surface area contributed by atoms with Crippen molar-refractivity contribution in [2.75, 3.05) is 19.1 Å². The van der Waals surface area contributed by atoms with Crippen molar-refractivity contribution >= 4 is 17.7 Å². The Labute approximate surface area is 126 Å². The fourth-order valence-corrected chi connectivity index (χ4v) is 2.62. The van der Waals surface area contributed by atoms with Crippen molar-refractivity contribution in [1.29, 1.82) is 0 Å². The van der Waals surface area contributed by atoms with Gasteiger partial charge in [-0.1, -0.05) is 24.3 Å². The van der Waals surface area contributed by atoms with Crippen molar-refractivity contribution in [3.05, 3.63) is 35.4 Å². The smallest absolute Gasteiger partial charge is 0.238 e. The highest BCUT2D eigenvalue weighted by atomic mass is 32.2. The largest absolute Gasteiger partial charge is 0.299 e. The molecule has 4 nitrogen and oxygen atoms in total. The molecule has 0 aliphatic carbocycles. The van der Waals surface area contributed by atoms with Gasteiger partial charge in [0, 0.05) is 12.6 Å². The maximum atomic E-state index is 11.4. The summed E-state index contributed by atoms with van der Waals surface area (Å²) in [7, 11) is 2.13. The number of thioether (sulfide) groups is 1. The van der Waals surface area contributed by atoms with Gasteiger partial charge in [0.1, 0.15) is 0 Å². The SMILES string of the molecule is CSCCC(C)N(C)Cc1ccccc1CC(=O)NN. The van der Waals surface area contributed by atoms with Crippen LogP contribution in [0.5, 0.6) is 0 Å². The number of nitrogens with zero attached hydrogens (tertiary/aromatic N) is 1. The lowest BCUT2D eigenvalue weighted by atomic mass is 10.0. The summed E-state index contributed by atoms with van der Waals surface area (Å²) in [5.74, 6) is 6.17. The minimum absolute atomic E-state index is 0.157. The van der Waals surface area contributed by atoms with E-state index in [1.165, 1.54) is 17.7 Å². The lowest BCUT2D eigenvalue weighted by Gasteiger charge is -2.25. The topological polar surface area (TPSA) is 58.4 Å². The van der Waals surface area contributed by atoms with Crippen LogP contribution >= 0.6 is 11.8 Å². The van der Waals surface area contributed by atoms with Crippen molar-refractivity contribution in [1.82, 2.24) is 10.3 Å². The van der Waals surface area contributed by atoms with E-state index in [1.54, 1.807) is 0 Å². The predicted octanol–water partition coefficient (Wildman–Crippen LogP) is 1.79. The van der Waals surface area contributed by atoms with Gasteiger partial charge < -0.3 is 0 Å². The van der Waals surface area contributed by atoms with E-state index in [0.29, 0.717) is 12.5 Å². The molecule has 1 amide bonds. The second kappa shape index (κ2) is 9.00. The summed E-state index contributed by atoms with van der Waals surface area (Å²) < 4.78 is 0. The molecule has 1 aromatic rings. The summed E-state index contributed by atoms with van der Waals surface area (Å²) in [4.78, 5) is 13.8. The lowest BCUT2D eigenvalue weighted by molar-refractivity contribution is -0.120. The number of carbonyl (C=O) groups excluding carboxylic acids is 1. The summed E-state index contributed by atoms with van der Waals surface area (Å²) in [6.07, 6.45) is 3.64. The molecule has 1 aromatic carbocycles. The zero-order chi connectivity index (χ0) is 15.0. The molecule has 112 valence electrons. The molecule has 20 heavy (non-hydrogen) atoms. The Kier molecular flexibility index (Phi) is 7.65. The van der Waals surface area contributed by atoms with E-state index in [0.717, 1.165) is 12.1 Å². The normalized spacial score (nSPS) is 12.4. The molecule has 0 aromatic heterocycles. The molecule has 5 heteroatoms. The van der Waals surface area contributed by atoms with Gasteiger partial charge in [-0.2, -0.15) is 11.8 Å². The van der Waals surface area contributed by atoms with Crippen LogP contribution in [0, 0.1) is 0 Å². The van der Waals surface area contributed by atoms with Crippen LogP contribution in [0.25, 0.3) is 0 Å². The van der Waals surface area contributed by atoms with Crippen LogP contribution in [-0.4, -0.2) is 35.9 Å². The van der Waals surface area contributed by atoms with Gasteiger partial charge in [0.05, 0.1) is 6.42 Å². The molecular weight excluding hydrogens is 270 g/mol. The van der Waals surface area contributed by atoms with Crippen molar-refractivity contribution < 1.29 is 4.79 Å².